The third-order valence-corrected chi connectivity index (χ3v) is 6.13. The molecule has 0 heterocycles. The molecule has 0 aromatic rings. The smallest absolute Gasteiger partial charge is 0.220 e. The van der Waals surface area contributed by atoms with Crippen LogP contribution in [-0.2, 0) is 14.3 Å². The van der Waals surface area contributed by atoms with Crippen molar-refractivity contribution in [2.24, 2.45) is 23.2 Å². The standard InChI is InChI=1S/C19H28O5/c1-4-24-18-14-9-12(10-23-3)8-13-17(22)16(21)7-11(2)19(13,14)6-5-15(18)20/h5-6,11-13,16-17,21-22H,4,7-10H2,1-3H3/t11-,12-,13-,16+,17-,19+/m1/s1. The minimum absolute atomic E-state index is 0.0953. The summed E-state index contributed by atoms with van der Waals surface area (Å²) in [5.74, 6) is 0.576. The van der Waals surface area contributed by atoms with Crippen LogP contribution >= 0.6 is 0 Å². The van der Waals surface area contributed by atoms with Crippen molar-refractivity contribution in [3.8, 4) is 0 Å². The van der Waals surface area contributed by atoms with E-state index in [1.54, 1.807) is 13.2 Å². The van der Waals surface area contributed by atoms with Gasteiger partial charge >= 0.3 is 0 Å². The second-order valence-electron chi connectivity index (χ2n) is 7.43. The van der Waals surface area contributed by atoms with Gasteiger partial charge in [0.15, 0.2) is 5.76 Å². The van der Waals surface area contributed by atoms with Crippen molar-refractivity contribution >= 4 is 5.78 Å². The zero-order chi connectivity index (χ0) is 17.5. The SMILES string of the molecule is CCOC1=C2C[C@H](COC)C[C@@H]3[C@@H](O)[C@@H](O)C[C@@H](C)[C@]23C=CC1=O. The van der Waals surface area contributed by atoms with Crippen LogP contribution in [0.1, 0.15) is 33.1 Å². The maximum atomic E-state index is 12.4. The molecule has 0 amide bonds. The Morgan fingerprint density at radius 2 is 2.08 bits per heavy atom. The number of ether oxygens (including phenoxy) is 2. The van der Waals surface area contributed by atoms with Gasteiger partial charge in [0.1, 0.15) is 0 Å². The number of ketones is 1. The highest BCUT2D eigenvalue weighted by molar-refractivity contribution is 6.04. The summed E-state index contributed by atoms with van der Waals surface area (Å²) in [6.45, 7) is 4.99. The maximum Gasteiger partial charge on any atom is 0.220 e. The molecule has 0 radical (unpaired) electrons. The minimum atomic E-state index is -0.795. The van der Waals surface area contributed by atoms with E-state index in [2.05, 4.69) is 6.92 Å². The highest BCUT2D eigenvalue weighted by Crippen LogP contribution is 2.60. The molecule has 2 fully saturated rings. The van der Waals surface area contributed by atoms with E-state index >= 15 is 0 Å². The first-order valence-corrected chi connectivity index (χ1v) is 8.90. The van der Waals surface area contributed by atoms with Crippen molar-refractivity contribution < 1.29 is 24.5 Å². The molecule has 24 heavy (non-hydrogen) atoms. The normalized spacial score (nSPS) is 41.9. The summed E-state index contributed by atoms with van der Waals surface area (Å²) in [4.78, 5) is 12.4. The maximum absolute atomic E-state index is 12.4. The van der Waals surface area contributed by atoms with Gasteiger partial charge in [-0.1, -0.05) is 13.0 Å². The van der Waals surface area contributed by atoms with E-state index in [9.17, 15) is 15.0 Å². The Kier molecular flexibility index (Phi) is 4.87. The fraction of sp³-hybridized carbons (Fsp3) is 0.737. The van der Waals surface area contributed by atoms with Crippen molar-refractivity contribution in [2.75, 3.05) is 20.3 Å². The molecule has 0 aromatic carbocycles. The molecule has 0 aromatic heterocycles. The number of rotatable bonds is 4. The predicted molar refractivity (Wildman–Crippen MR) is 89.1 cm³/mol. The van der Waals surface area contributed by atoms with Crippen molar-refractivity contribution in [1.29, 1.82) is 0 Å². The lowest BCUT2D eigenvalue weighted by Gasteiger charge is -2.57. The van der Waals surface area contributed by atoms with Crippen LogP contribution in [0.2, 0.25) is 0 Å². The molecule has 2 saturated carbocycles. The average molecular weight is 336 g/mol. The van der Waals surface area contributed by atoms with Crippen LogP contribution < -0.4 is 0 Å². The molecule has 0 aliphatic heterocycles. The highest BCUT2D eigenvalue weighted by Gasteiger charge is 2.58. The Morgan fingerprint density at radius 3 is 2.75 bits per heavy atom. The van der Waals surface area contributed by atoms with Gasteiger partial charge in [0.05, 0.1) is 18.8 Å². The Balaban J connectivity index is 2.12. The topological polar surface area (TPSA) is 76.0 Å². The summed E-state index contributed by atoms with van der Waals surface area (Å²) in [5, 5.41) is 21.0. The minimum Gasteiger partial charge on any atom is -0.490 e. The second kappa shape index (κ2) is 6.62. The van der Waals surface area contributed by atoms with Gasteiger partial charge in [-0.05, 0) is 49.7 Å². The molecule has 134 valence electrons. The number of carbonyl (C=O) groups is 1. The lowest BCUT2D eigenvalue weighted by atomic mass is 9.48. The molecule has 1 spiro atoms. The first-order chi connectivity index (χ1) is 11.5. The van der Waals surface area contributed by atoms with Crippen molar-refractivity contribution in [3.63, 3.8) is 0 Å². The average Bonchev–Trinajstić information content (AvgIpc) is 2.55. The fourth-order valence-electron chi connectivity index (χ4n) is 5.16. The lowest BCUT2D eigenvalue weighted by molar-refractivity contribution is -0.126. The van der Waals surface area contributed by atoms with E-state index in [0.29, 0.717) is 25.4 Å². The number of hydrogen-bond acceptors (Lipinski definition) is 5. The predicted octanol–water partition coefficient (Wildman–Crippen LogP) is 1.84. The number of carbonyl (C=O) groups excluding carboxylic acids is 1. The lowest BCUT2D eigenvalue weighted by Crippen LogP contribution is -2.57. The summed E-state index contributed by atoms with van der Waals surface area (Å²) in [6, 6.07) is 0. The first-order valence-electron chi connectivity index (χ1n) is 8.90. The number of aliphatic hydroxyl groups is 2. The van der Waals surface area contributed by atoms with E-state index in [-0.39, 0.29) is 23.5 Å². The Bertz CT molecular complexity index is 566. The largest absolute Gasteiger partial charge is 0.490 e. The molecule has 2 N–H and O–H groups in total. The summed E-state index contributed by atoms with van der Waals surface area (Å²) >= 11 is 0. The van der Waals surface area contributed by atoms with Crippen molar-refractivity contribution in [3.05, 3.63) is 23.5 Å². The Morgan fingerprint density at radius 1 is 1.33 bits per heavy atom. The second-order valence-corrected chi connectivity index (χ2v) is 7.43. The van der Waals surface area contributed by atoms with E-state index in [0.717, 1.165) is 18.4 Å². The third kappa shape index (κ3) is 2.54. The first kappa shape index (κ1) is 17.6. The Hall–Kier alpha value is -1.17. The number of hydrogen-bond donors (Lipinski definition) is 2. The van der Waals surface area contributed by atoms with Gasteiger partial charge < -0.3 is 19.7 Å². The summed E-state index contributed by atoms with van der Waals surface area (Å²) in [5.41, 5.74) is 0.593. The van der Waals surface area contributed by atoms with E-state index in [1.165, 1.54) is 0 Å². The molecule has 3 aliphatic rings. The fourth-order valence-corrected chi connectivity index (χ4v) is 5.16. The molecular formula is C19H28O5. The van der Waals surface area contributed by atoms with Crippen LogP contribution in [0.4, 0.5) is 0 Å². The summed E-state index contributed by atoms with van der Waals surface area (Å²) in [7, 11) is 1.67. The van der Waals surface area contributed by atoms with Crippen molar-refractivity contribution in [2.45, 2.75) is 45.3 Å². The molecule has 3 rings (SSSR count). The van der Waals surface area contributed by atoms with Gasteiger partial charge in [-0.2, -0.15) is 0 Å². The van der Waals surface area contributed by atoms with Crippen LogP contribution in [0.15, 0.2) is 23.5 Å². The number of aliphatic hydroxyl groups excluding tert-OH is 2. The van der Waals surface area contributed by atoms with Crippen LogP contribution in [-0.4, -0.2) is 48.5 Å². The molecule has 0 unspecified atom stereocenters. The quantitative estimate of drug-likeness (QED) is 0.819. The number of methoxy groups -OCH3 is 1. The monoisotopic (exact) mass is 336 g/mol. The van der Waals surface area contributed by atoms with Gasteiger partial charge in [-0.15, -0.1) is 0 Å². The highest BCUT2D eigenvalue weighted by atomic mass is 16.5. The van der Waals surface area contributed by atoms with E-state index in [1.807, 2.05) is 13.0 Å². The number of allylic oxidation sites excluding steroid dienone is 3. The molecule has 5 heteroatoms. The van der Waals surface area contributed by atoms with Crippen LogP contribution in [0.3, 0.4) is 0 Å². The summed E-state index contributed by atoms with van der Waals surface area (Å²) in [6.07, 6.45) is 4.09. The van der Waals surface area contributed by atoms with Gasteiger partial charge in [-0.25, -0.2) is 0 Å². The molecule has 0 saturated heterocycles. The molecular weight excluding hydrogens is 308 g/mol. The van der Waals surface area contributed by atoms with Gasteiger partial charge in [0.25, 0.3) is 0 Å². The molecule has 6 atom stereocenters. The van der Waals surface area contributed by atoms with Gasteiger partial charge in [-0.3, -0.25) is 4.79 Å². The van der Waals surface area contributed by atoms with E-state index in [4.69, 9.17) is 9.47 Å². The zero-order valence-corrected chi connectivity index (χ0v) is 14.7. The van der Waals surface area contributed by atoms with Crippen molar-refractivity contribution in [1.82, 2.24) is 0 Å². The molecule has 5 nitrogen and oxygen atoms in total. The van der Waals surface area contributed by atoms with Crippen LogP contribution in [0.5, 0.6) is 0 Å². The third-order valence-electron chi connectivity index (χ3n) is 6.13. The van der Waals surface area contributed by atoms with Gasteiger partial charge in [0, 0.05) is 25.0 Å². The van der Waals surface area contributed by atoms with Crippen LogP contribution in [0.25, 0.3) is 0 Å². The van der Waals surface area contributed by atoms with E-state index < -0.39 is 17.6 Å². The zero-order valence-electron chi connectivity index (χ0n) is 14.7. The van der Waals surface area contributed by atoms with Gasteiger partial charge in [0.2, 0.25) is 5.78 Å². The molecule has 0 bridgehead atoms. The molecule has 3 aliphatic carbocycles. The summed E-state index contributed by atoms with van der Waals surface area (Å²) < 4.78 is 11.1. The Labute approximate surface area is 143 Å². The van der Waals surface area contributed by atoms with Crippen LogP contribution in [0, 0.1) is 23.2 Å².